The lowest BCUT2D eigenvalue weighted by molar-refractivity contribution is 0.146. The largest absolute Gasteiger partial charge is 0.397 e. The molecule has 2 N–H and O–H groups in total. The fourth-order valence-corrected chi connectivity index (χ4v) is 2.14. The first-order chi connectivity index (χ1) is 7.81. The molecule has 1 fully saturated rings. The summed E-state index contributed by atoms with van der Waals surface area (Å²) in [6.45, 7) is 1.93. The van der Waals surface area contributed by atoms with Gasteiger partial charge in [0.1, 0.15) is 0 Å². The molecule has 0 aliphatic heterocycles. The second-order valence-electron chi connectivity index (χ2n) is 4.73. The van der Waals surface area contributed by atoms with Crippen molar-refractivity contribution in [1.29, 1.82) is 0 Å². The molecule has 0 aromatic rings. The molecule has 1 rings (SSSR count). The molecule has 0 amide bonds. The number of hydrogen-bond acceptors (Lipinski definition) is 2. The Hall–Kier alpha value is -0.0800. The topological polar surface area (TPSA) is 40.5 Å². The van der Waals surface area contributed by atoms with Crippen molar-refractivity contribution in [3.63, 3.8) is 0 Å². The highest BCUT2D eigenvalue weighted by atomic mass is 16.3. The van der Waals surface area contributed by atoms with Gasteiger partial charge < -0.3 is 10.2 Å². The van der Waals surface area contributed by atoms with Gasteiger partial charge in [0.15, 0.2) is 0 Å². The third-order valence-corrected chi connectivity index (χ3v) is 3.07. The van der Waals surface area contributed by atoms with E-state index in [-0.39, 0.29) is 12.7 Å². The van der Waals surface area contributed by atoms with Crippen molar-refractivity contribution < 1.29 is 10.2 Å². The predicted octanol–water partition coefficient (Wildman–Crippen LogP) is 3.65. The maximum atomic E-state index is 9.59. The van der Waals surface area contributed by atoms with Gasteiger partial charge in [-0.2, -0.15) is 0 Å². The first-order valence-corrected chi connectivity index (χ1v) is 7.10. The summed E-state index contributed by atoms with van der Waals surface area (Å²) in [5, 5.41) is 17.2. The second kappa shape index (κ2) is 13.0. The minimum Gasteiger partial charge on any atom is -0.397 e. The van der Waals surface area contributed by atoms with E-state index in [0.29, 0.717) is 0 Å². The summed E-state index contributed by atoms with van der Waals surface area (Å²) in [5.74, 6) is 0. The summed E-state index contributed by atoms with van der Waals surface area (Å²) in [5.41, 5.74) is 0. The first kappa shape index (κ1) is 15.9. The highest BCUT2D eigenvalue weighted by molar-refractivity contribution is 4.58. The number of aliphatic hydroxyl groups excluding tert-OH is 2. The Balaban J connectivity index is 0.000000673. The van der Waals surface area contributed by atoms with Crippen LogP contribution < -0.4 is 0 Å². The van der Waals surface area contributed by atoms with Crippen molar-refractivity contribution in [3.8, 4) is 0 Å². The molecule has 0 aromatic carbocycles. The number of aliphatic hydroxyl groups is 2. The fourth-order valence-electron chi connectivity index (χ4n) is 2.14. The Morgan fingerprint density at radius 3 is 1.31 bits per heavy atom. The van der Waals surface area contributed by atoms with E-state index in [2.05, 4.69) is 0 Å². The zero-order valence-corrected chi connectivity index (χ0v) is 11.0. The summed E-state index contributed by atoms with van der Waals surface area (Å²) in [7, 11) is 0. The van der Waals surface area contributed by atoms with Crippen LogP contribution in [0.25, 0.3) is 0 Å². The van der Waals surface area contributed by atoms with Crippen molar-refractivity contribution in [2.45, 2.75) is 83.7 Å². The van der Waals surface area contributed by atoms with Gasteiger partial charge in [0, 0.05) is 6.61 Å². The zero-order valence-electron chi connectivity index (χ0n) is 11.0. The summed E-state index contributed by atoms with van der Waals surface area (Å²) >= 11 is 0. The van der Waals surface area contributed by atoms with Gasteiger partial charge in [-0.15, -0.1) is 0 Å². The van der Waals surface area contributed by atoms with Gasteiger partial charge in [0.25, 0.3) is 0 Å². The highest BCUT2D eigenvalue weighted by Crippen LogP contribution is 2.16. The van der Waals surface area contributed by atoms with Crippen LogP contribution in [-0.4, -0.2) is 22.9 Å². The Kier molecular flexibility index (Phi) is 12.9. The third kappa shape index (κ3) is 12.0. The Morgan fingerprint density at radius 2 is 1.00 bits per heavy atom. The van der Waals surface area contributed by atoms with Crippen LogP contribution in [0, 0.1) is 0 Å². The molecule has 98 valence electrons. The smallest absolute Gasteiger partial charge is 0.0540 e. The summed E-state index contributed by atoms with van der Waals surface area (Å²) in [4.78, 5) is 0. The van der Waals surface area contributed by atoms with Crippen LogP contribution in [-0.2, 0) is 0 Å². The van der Waals surface area contributed by atoms with Crippen LogP contribution in [0.15, 0.2) is 0 Å². The maximum Gasteiger partial charge on any atom is 0.0540 e. The molecular weight excluding hydrogens is 200 g/mol. The Labute approximate surface area is 101 Å². The standard InChI is InChI=1S/C12H24O.C2H6O/c13-12-10-8-6-4-2-1-3-5-7-9-11-12;1-2-3/h12-13H,1-11H2;3H,2H2,1H3. The van der Waals surface area contributed by atoms with Gasteiger partial charge in [-0.3, -0.25) is 0 Å². The van der Waals surface area contributed by atoms with E-state index in [0.717, 1.165) is 12.8 Å². The van der Waals surface area contributed by atoms with Crippen molar-refractivity contribution in [2.24, 2.45) is 0 Å². The van der Waals surface area contributed by atoms with Crippen LogP contribution in [0.3, 0.4) is 0 Å². The monoisotopic (exact) mass is 230 g/mol. The SMILES string of the molecule is CCO.OC1CCCCCCCCCCC1. The van der Waals surface area contributed by atoms with Gasteiger partial charge in [0.05, 0.1) is 6.10 Å². The van der Waals surface area contributed by atoms with Crippen molar-refractivity contribution in [2.75, 3.05) is 6.61 Å². The minimum absolute atomic E-state index is 0.000531. The molecule has 0 heterocycles. The van der Waals surface area contributed by atoms with Gasteiger partial charge in [-0.1, -0.05) is 57.8 Å². The lowest BCUT2D eigenvalue weighted by Gasteiger charge is -2.11. The predicted molar refractivity (Wildman–Crippen MR) is 69.6 cm³/mol. The summed E-state index contributed by atoms with van der Waals surface area (Å²) in [6, 6.07) is 0. The highest BCUT2D eigenvalue weighted by Gasteiger charge is 2.04. The number of hydrogen-bond donors (Lipinski definition) is 2. The fraction of sp³-hybridized carbons (Fsp3) is 1.00. The van der Waals surface area contributed by atoms with Crippen molar-refractivity contribution >= 4 is 0 Å². The maximum absolute atomic E-state index is 9.59. The van der Waals surface area contributed by atoms with Crippen LogP contribution in [0.1, 0.15) is 77.6 Å². The van der Waals surface area contributed by atoms with Gasteiger partial charge in [0.2, 0.25) is 0 Å². The average molecular weight is 230 g/mol. The quantitative estimate of drug-likeness (QED) is 0.667. The molecule has 16 heavy (non-hydrogen) atoms. The number of rotatable bonds is 0. The second-order valence-corrected chi connectivity index (χ2v) is 4.73. The summed E-state index contributed by atoms with van der Waals surface area (Å²) in [6.07, 6.45) is 14.2. The summed E-state index contributed by atoms with van der Waals surface area (Å²) < 4.78 is 0. The normalized spacial score (nSPS) is 21.2. The lowest BCUT2D eigenvalue weighted by Crippen LogP contribution is -2.06. The van der Waals surface area contributed by atoms with Crippen LogP contribution >= 0.6 is 0 Å². The molecule has 0 unspecified atom stereocenters. The average Bonchev–Trinajstić information content (AvgIpc) is 2.24. The zero-order chi connectivity index (χ0) is 12.1. The van der Waals surface area contributed by atoms with E-state index in [1.807, 2.05) is 0 Å². The molecular formula is C14H30O2. The van der Waals surface area contributed by atoms with E-state index < -0.39 is 0 Å². The molecule has 0 radical (unpaired) electrons. The van der Waals surface area contributed by atoms with E-state index in [1.165, 1.54) is 57.8 Å². The van der Waals surface area contributed by atoms with Crippen LogP contribution in [0.2, 0.25) is 0 Å². The molecule has 0 atom stereocenters. The van der Waals surface area contributed by atoms with Gasteiger partial charge in [-0.25, -0.2) is 0 Å². The molecule has 2 nitrogen and oxygen atoms in total. The minimum atomic E-state index is -0.000531. The Morgan fingerprint density at radius 1 is 0.750 bits per heavy atom. The molecule has 1 aliphatic rings. The molecule has 0 spiro atoms. The molecule has 2 heteroatoms. The van der Waals surface area contributed by atoms with Crippen molar-refractivity contribution in [1.82, 2.24) is 0 Å². The molecule has 0 aromatic heterocycles. The molecule has 0 bridgehead atoms. The van der Waals surface area contributed by atoms with E-state index in [1.54, 1.807) is 6.92 Å². The van der Waals surface area contributed by atoms with E-state index in [9.17, 15) is 5.11 Å². The molecule has 1 aliphatic carbocycles. The van der Waals surface area contributed by atoms with E-state index in [4.69, 9.17) is 5.11 Å². The molecule has 0 saturated heterocycles. The van der Waals surface area contributed by atoms with E-state index >= 15 is 0 Å². The van der Waals surface area contributed by atoms with Crippen LogP contribution in [0.5, 0.6) is 0 Å². The van der Waals surface area contributed by atoms with Crippen molar-refractivity contribution in [3.05, 3.63) is 0 Å². The molecule has 1 saturated carbocycles. The first-order valence-electron chi connectivity index (χ1n) is 7.10. The Bertz CT molecular complexity index is 114. The van der Waals surface area contributed by atoms with Gasteiger partial charge >= 0.3 is 0 Å². The third-order valence-electron chi connectivity index (χ3n) is 3.07. The van der Waals surface area contributed by atoms with Gasteiger partial charge in [-0.05, 0) is 19.8 Å². The van der Waals surface area contributed by atoms with Crippen LogP contribution in [0.4, 0.5) is 0 Å². The lowest BCUT2D eigenvalue weighted by atomic mass is 10.00.